The summed E-state index contributed by atoms with van der Waals surface area (Å²) in [5, 5.41) is 0. The Morgan fingerprint density at radius 2 is 2.07 bits per heavy atom. The molecule has 1 aromatic carbocycles. The Morgan fingerprint density at radius 3 is 2.60 bits per heavy atom. The van der Waals surface area contributed by atoms with Gasteiger partial charge in [0, 0.05) is 15.1 Å². The van der Waals surface area contributed by atoms with Gasteiger partial charge in [-0.1, -0.05) is 22.9 Å². The fourth-order valence-electron chi connectivity index (χ4n) is 1.02. The fraction of sp³-hybridized carbons (Fsp3) is 0.364. The maximum atomic E-state index is 11.1. The van der Waals surface area contributed by atoms with Crippen LogP contribution >= 0.6 is 27.7 Å². The molecule has 1 rings (SSSR count). The van der Waals surface area contributed by atoms with E-state index in [1.807, 2.05) is 31.2 Å². The molecule has 0 saturated heterocycles. The SMILES string of the molecule is COC(=O)C(C)CSc1ccc(Br)cc1. The molecule has 0 radical (unpaired) electrons. The van der Waals surface area contributed by atoms with Crippen molar-refractivity contribution in [2.24, 2.45) is 5.92 Å². The minimum absolute atomic E-state index is 0.0661. The van der Waals surface area contributed by atoms with Crippen molar-refractivity contribution in [1.29, 1.82) is 0 Å². The molecule has 4 heteroatoms. The van der Waals surface area contributed by atoms with Gasteiger partial charge in [-0.15, -0.1) is 11.8 Å². The minimum atomic E-state index is -0.153. The van der Waals surface area contributed by atoms with Gasteiger partial charge in [-0.2, -0.15) is 0 Å². The van der Waals surface area contributed by atoms with E-state index in [0.717, 1.165) is 15.1 Å². The van der Waals surface area contributed by atoms with Gasteiger partial charge in [0.15, 0.2) is 0 Å². The largest absolute Gasteiger partial charge is 0.469 e. The number of ether oxygens (including phenoxy) is 1. The summed E-state index contributed by atoms with van der Waals surface area (Å²) >= 11 is 5.04. The molecule has 2 nitrogen and oxygen atoms in total. The van der Waals surface area contributed by atoms with E-state index in [1.54, 1.807) is 11.8 Å². The van der Waals surface area contributed by atoms with Gasteiger partial charge in [-0.25, -0.2) is 0 Å². The van der Waals surface area contributed by atoms with Crippen molar-refractivity contribution >= 4 is 33.7 Å². The third-order valence-corrected chi connectivity index (χ3v) is 3.72. The molecule has 15 heavy (non-hydrogen) atoms. The lowest BCUT2D eigenvalue weighted by Gasteiger charge is -2.08. The lowest BCUT2D eigenvalue weighted by Crippen LogP contribution is -2.14. The maximum Gasteiger partial charge on any atom is 0.309 e. The molecule has 1 unspecified atom stereocenters. The molecular weight excluding hydrogens is 276 g/mol. The van der Waals surface area contributed by atoms with Gasteiger partial charge in [0.1, 0.15) is 0 Å². The number of rotatable bonds is 4. The zero-order valence-corrected chi connectivity index (χ0v) is 11.1. The summed E-state index contributed by atoms with van der Waals surface area (Å²) in [4.78, 5) is 12.3. The van der Waals surface area contributed by atoms with Crippen molar-refractivity contribution in [3.05, 3.63) is 28.7 Å². The Kier molecular flexibility index (Phi) is 5.19. The summed E-state index contributed by atoms with van der Waals surface area (Å²) < 4.78 is 5.72. The Balaban J connectivity index is 2.43. The van der Waals surface area contributed by atoms with Crippen molar-refractivity contribution in [2.45, 2.75) is 11.8 Å². The third kappa shape index (κ3) is 4.26. The van der Waals surface area contributed by atoms with Gasteiger partial charge in [0.25, 0.3) is 0 Å². The topological polar surface area (TPSA) is 26.3 Å². The van der Waals surface area contributed by atoms with Crippen LogP contribution in [0.25, 0.3) is 0 Å². The normalized spacial score (nSPS) is 12.2. The van der Waals surface area contributed by atoms with E-state index in [1.165, 1.54) is 7.11 Å². The van der Waals surface area contributed by atoms with Crippen molar-refractivity contribution in [2.75, 3.05) is 12.9 Å². The zero-order valence-electron chi connectivity index (χ0n) is 8.70. The van der Waals surface area contributed by atoms with E-state index in [-0.39, 0.29) is 11.9 Å². The molecule has 0 N–H and O–H groups in total. The molecule has 0 heterocycles. The van der Waals surface area contributed by atoms with E-state index in [4.69, 9.17) is 0 Å². The molecule has 0 bridgehead atoms. The first-order valence-electron chi connectivity index (χ1n) is 4.59. The highest BCUT2D eigenvalue weighted by atomic mass is 79.9. The summed E-state index contributed by atoms with van der Waals surface area (Å²) in [6, 6.07) is 8.04. The summed E-state index contributed by atoms with van der Waals surface area (Å²) in [7, 11) is 1.42. The predicted molar refractivity (Wildman–Crippen MR) is 66.0 cm³/mol. The third-order valence-electron chi connectivity index (χ3n) is 1.92. The summed E-state index contributed by atoms with van der Waals surface area (Å²) in [6.07, 6.45) is 0. The quantitative estimate of drug-likeness (QED) is 0.628. The predicted octanol–water partition coefficient (Wildman–Crippen LogP) is 3.35. The fourth-order valence-corrected chi connectivity index (χ4v) is 2.19. The highest BCUT2D eigenvalue weighted by Crippen LogP contribution is 2.22. The Hall–Kier alpha value is -0.480. The van der Waals surface area contributed by atoms with E-state index in [0.29, 0.717) is 0 Å². The lowest BCUT2D eigenvalue weighted by molar-refractivity contribution is -0.143. The molecule has 1 aromatic rings. The number of carbonyl (C=O) groups is 1. The van der Waals surface area contributed by atoms with Crippen LogP contribution in [0.3, 0.4) is 0 Å². The van der Waals surface area contributed by atoms with Crippen LogP contribution in [0, 0.1) is 5.92 Å². The van der Waals surface area contributed by atoms with Gasteiger partial charge >= 0.3 is 5.97 Å². The molecule has 0 aromatic heterocycles. The van der Waals surface area contributed by atoms with E-state index in [9.17, 15) is 4.79 Å². The monoisotopic (exact) mass is 288 g/mol. The number of hydrogen-bond donors (Lipinski definition) is 0. The van der Waals surface area contributed by atoms with Gasteiger partial charge in [0.05, 0.1) is 13.0 Å². The number of carbonyl (C=O) groups excluding carboxylic acids is 1. The molecule has 0 spiro atoms. The van der Waals surface area contributed by atoms with E-state index < -0.39 is 0 Å². The van der Waals surface area contributed by atoms with Crippen molar-refractivity contribution in [3.8, 4) is 0 Å². The number of esters is 1. The molecule has 82 valence electrons. The standard InChI is InChI=1S/C11H13BrO2S/c1-8(11(13)14-2)7-15-10-5-3-9(12)4-6-10/h3-6,8H,7H2,1-2H3. The lowest BCUT2D eigenvalue weighted by atomic mass is 10.2. The van der Waals surface area contributed by atoms with Crippen LogP contribution in [-0.4, -0.2) is 18.8 Å². The van der Waals surface area contributed by atoms with Gasteiger partial charge < -0.3 is 4.74 Å². The molecule has 0 saturated carbocycles. The van der Waals surface area contributed by atoms with Crippen LogP contribution in [-0.2, 0) is 9.53 Å². The second-order valence-corrected chi connectivity index (χ2v) is 5.20. The van der Waals surface area contributed by atoms with Crippen molar-refractivity contribution in [1.82, 2.24) is 0 Å². The van der Waals surface area contributed by atoms with Crippen molar-refractivity contribution < 1.29 is 9.53 Å². The summed E-state index contributed by atoms with van der Waals surface area (Å²) in [5.74, 6) is 0.525. The van der Waals surface area contributed by atoms with Crippen LogP contribution in [0.5, 0.6) is 0 Å². The number of hydrogen-bond acceptors (Lipinski definition) is 3. The molecule has 0 aliphatic heterocycles. The van der Waals surface area contributed by atoms with Crippen LogP contribution in [0.2, 0.25) is 0 Å². The first-order valence-corrected chi connectivity index (χ1v) is 6.37. The molecule has 1 atom stereocenters. The Bertz CT molecular complexity index is 324. The molecular formula is C11H13BrO2S. The first kappa shape index (κ1) is 12.6. The van der Waals surface area contributed by atoms with Crippen LogP contribution in [0.4, 0.5) is 0 Å². The summed E-state index contributed by atoms with van der Waals surface area (Å²) in [5.41, 5.74) is 0. The second-order valence-electron chi connectivity index (χ2n) is 3.19. The Morgan fingerprint density at radius 1 is 1.47 bits per heavy atom. The van der Waals surface area contributed by atoms with E-state index >= 15 is 0 Å². The Labute approximate surface area is 103 Å². The number of halogens is 1. The smallest absolute Gasteiger partial charge is 0.309 e. The number of benzene rings is 1. The molecule has 0 amide bonds. The zero-order chi connectivity index (χ0) is 11.3. The average molecular weight is 289 g/mol. The summed E-state index contributed by atoms with van der Waals surface area (Å²) in [6.45, 7) is 1.87. The average Bonchev–Trinajstić information content (AvgIpc) is 2.26. The molecule has 0 aliphatic rings. The number of methoxy groups -OCH3 is 1. The van der Waals surface area contributed by atoms with Gasteiger partial charge in [0.2, 0.25) is 0 Å². The highest BCUT2D eigenvalue weighted by Gasteiger charge is 2.12. The maximum absolute atomic E-state index is 11.1. The van der Waals surface area contributed by atoms with E-state index in [2.05, 4.69) is 20.7 Å². The van der Waals surface area contributed by atoms with Crippen molar-refractivity contribution in [3.63, 3.8) is 0 Å². The van der Waals surface area contributed by atoms with Gasteiger partial charge in [-0.05, 0) is 24.3 Å². The van der Waals surface area contributed by atoms with Crippen LogP contribution in [0.1, 0.15) is 6.92 Å². The van der Waals surface area contributed by atoms with Gasteiger partial charge in [-0.3, -0.25) is 4.79 Å². The second kappa shape index (κ2) is 6.18. The van der Waals surface area contributed by atoms with Crippen LogP contribution < -0.4 is 0 Å². The molecule has 0 fully saturated rings. The minimum Gasteiger partial charge on any atom is -0.469 e. The highest BCUT2D eigenvalue weighted by molar-refractivity contribution is 9.10. The molecule has 0 aliphatic carbocycles. The number of thioether (sulfide) groups is 1. The van der Waals surface area contributed by atoms with Crippen LogP contribution in [0.15, 0.2) is 33.6 Å². The first-order chi connectivity index (χ1) is 7.13.